The van der Waals surface area contributed by atoms with Crippen molar-refractivity contribution in [2.45, 2.75) is 63.0 Å². The Morgan fingerprint density at radius 3 is 2.62 bits per heavy atom. The molecule has 0 aromatic heterocycles. The summed E-state index contributed by atoms with van der Waals surface area (Å²) in [5, 5.41) is 12.5. The summed E-state index contributed by atoms with van der Waals surface area (Å²) in [6.07, 6.45) is 4.54. The highest BCUT2D eigenvalue weighted by Gasteiger charge is 2.24. The van der Waals surface area contributed by atoms with Crippen LogP contribution in [0.2, 0.25) is 0 Å². The normalized spacial score (nSPS) is 15.5. The predicted molar refractivity (Wildman–Crippen MR) is 100 cm³/mol. The van der Waals surface area contributed by atoms with Crippen LogP contribution in [0.25, 0.3) is 0 Å². The summed E-state index contributed by atoms with van der Waals surface area (Å²) in [6, 6.07) is 4.10. The molecule has 1 aliphatic carbocycles. The van der Waals surface area contributed by atoms with E-state index in [1.807, 2.05) is 13.8 Å². The molecule has 0 unspecified atom stereocenters. The van der Waals surface area contributed by atoms with Crippen LogP contribution in [0.4, 0.5) is 5.69 Å². The number of carboxylic acids is 1. The summed E-state index contributed by atoms with van der Waals surface area (Å²) in [5.74, 6) is -1.16. The Hall–Kier alpha value is -1.64. The number of nitrogens with one attached hydrogen (secondary N) is 2. The maximum atomic E-state index is 12.5. The van der Waals surface area contributed by atoms with Gasteiger partial charge in [-0.15, -0.1) is 0 Å². The Labute approximate surface area is 155 Å². The van der Waals surface area contributed by atoms with Gasteiger partial charge in [0.05, 0.1) is 16.6 Å². The van der Waals surface area contributed by atoms with Crippen LogP contribution in [0.3, 0.4) is 0 Å². The third-order valence-corrected chi connectivity index (χ3v) is 5.81. The second-order valence-electron chi connectivity index (χ2n) is 6.82. The van der Waals surface area contributed by atoms with E-state index >= 15 is 0 Å². The van der Waals surface area contributed by atoms with Gasteiger partial charge in [-0.2, -0.15) is 0 Å². The minimum atomic E-state index is -3.72. The maximum Gasteiger partial charge on any atom is 0.337 e. The molecule has 0 radical (unpaired) electrons. The Morgan fingerprint density at radius 2 is 2.00 bits per heavy atom. The summed E-state index contributed by atoms with van der Waals surface area (Å²) in [7, 11) is -3.72. The molecule has 0 spiro atoms. The lowest BCUT2D eigenvalue weighted by atomic mass is 10.2. The first-order chi connectivity index (χ1) is 12.3. The lowest BCUT2D eigenvalue weighted by molar-refractivity contribution is 0.0697. The molecule has 1 aromatic rings. The lowest BCUT2D eigenvalue weighted by Gasteiger charge is -2.15. The second-order valence-corrected chi connectivity index (χ2v) is 8.53. The monoisotopic (exact) mass is 384 g/mol. The van der Waals surface area contributed by atoms with Gasteiger partial charge in [0.2, 0.25) is 10.0 Å². The highest BCUT2D eigenvalue weighted by atomic mass is 32.2. The summed E-state index contributed by atoms with van der Waals surface area (Å²) in [4.78, 5) is 11.5. The minimum Gasteiger partial charge on any atom is -0.478 e. The van der Waals surface area contributed by atoms with Crippen LogP contribution in [0.1, 0.15) is 56.3 Å². The zero-order chi connectivity index (χ0) is 19.2. The Morgan fingerprint density at radius 1 is 1.31 bits per heavy atom. The molecule has 0 bridgehead atoms. The smallest absolute Gasteiger partial charge is 0.337 e. The van der Waals surface area contributed by atoms with E-state index in [0.717, 1.165) is 32.1 Å². The number of ether oxygens (including phenoxy) is 1. The van der Waals surface area contributed by atoms with Crippen LogP contribution in [0.5, 0.6) is 0 Å². The molecule has 0 aliphatic heterocycles. The van der Waals surface area contributed by atoms with Crippen molar-refractivity contribution in [1.29, 1.82) is 0 Å². The highest BCUT2D eigenvalue weighted by molar-refractivity contribution is 7.89. The Bertz CT molecular complexity index is 712. The summed E-state index contributed by atoms with van der Waals surface area (Å²) in [5.41, 5.74) is 0.353. The molecule has 146 valence electrons. The van der Waals surface area contributed by atoms with Crippen molar-refractivity contribution in [2.24, 2.45) is 0 Å². The van der Waals surface area contributed by atoms with Crippen molar-refractivity contribution in [1.82, 2.24) is 4.72 Å². The van der Waals surface area contributed by atoms with E-state index in [0.29, 0.717) is 18.8 Å². The Kier molecular flexibility index (Phi) is 7.43. The van der Waals surface area contributed by atoms with Gasteiger partial charge >= 0.3 is 5.97 Å². The topological polar surface area (TPSA) is 105 Å². The van der Waals surface area contributed by atoms with Crippen LogP contribution in [-0.4, -0.2) is 44.8 Å². The molecule has 0 saturated heterocycles. The van der Waals surface area contributed by atoms with E-state index in [-0.39, 0.29) is 22.6 Å². The quantitative estimate of drug-likeness (QED) is 0.536. The van der Waals surface area contributed by atoms with Crippen molar-refractivity contribution in [3.8, 4) is 0 Å². The molecule has 7 nitrogen and oxygen atoms in total. The van der Waals surface area contributed by atoms with Crippen molar-refractivity contribution in [2.75, 3.05) is 18.5 Å². The maximum absolute atomic E-state index is 12.5. The van der Waals surface area contributed by atoms with E-state index < -0.39 is 16.0 Å². The first-order valence-corrected chi connectivity index (χ1v) is 10.5. The van der Waals surface area contributed by atoms with Gasteiger partial charge in [0.1, 0.15) is 0 Å². The highest BCUT2D eigenvalue weighted by Crippen LogP contribution is 2.23. The van der Waals surface area contributed by atoms with Gasteiger partial charge in [0.15, 0.2) is 0 Å². The molecule has 0 heterocycles. The zero-order valence-corrected chi connectivity index (χ0v) is 16.1. The number of benzene rings is 1. The van der Waals surface area contributed by atoms with Crippen LogP contribution in [0, 0.1) is 0 Å². The predicted octanol–water partition coefficient (Wildman–Crippen LogP) is 2.83. The van der Waals surface area contributed by atoms with Crippen molar-refractivity contribution >= 4 is 21.7 Å². The van der Waals surface area contributed by atoms with Crippen LogP contribution < -0.4 is 10.0 Å². The fraction of sp³-hybridized carbons (Fsp3) is 0.611. The fourth-order valence-electron chi connectivity index (χ4n) is 2.97. The van der Waals surface area contributed by atoms with Gasteiger partial charge in [-0.1, -0.05) is 12.8 Å². The van der Waals surface area contributed by atoms with Gasteiger partial charge in [-0.3, -0.25) is 0 Å². The molecule has 2 rings (SSSR count). The second kappa shape index (κ2) is 9.34. The number of hydrogen-bond donors (Lipinski definition) is 3. The van der Waals surface area contributed by atoms with Gasteiger partial charge in [0, 0.05) is 24.9 Å². The SMILES string of the molecule is CC(C)OCCCNc1ccc(S(=O)(=O)NC2CCCC2)cc1C(=O)O. The number of carbonyl (C=O) groups is 1. The third-order valence-electron chi connectivity index (χ3n) is 4.30. The molecular weight excluding hydrogens is 356 g/mol. The van der Waals surface area contributed by atoms with Gasteiger partial charge < -0.3 is 15.2 Å². The van der Waals surface area contributed by atoms with Gasteiger partial charge in [0.25, 0.3) is 0 Å². The van der Waals surface area contributed by atoms with Crippen LogP contribution in [0.15, 0.2) is 23.1 Å². The number of anilines is 1. The molecular formula is C18H28N2O5S. The van der Waals surface area contributed by atoms with Crippen molar-refractivity contribution in [3.63, 3.8) is 0 Å². The molecule has 26 heavy (non-hydrogen) atoms. The molecule has 0 atom stereocenters. The largest absolute Gasteiger partial charge is 0.478 e. The number of rotatable bonds is 10. The van der Waals surface area contributed by atoms with Crippen LogP contribution in [-0.2, 0) is 14.8 Å². The van der Waals surface area contributed by atoms with E-state index in [1.165, 1.54) is 18.2 Å². The molecule has 1 fully saturated rings. The standard InChI is InChI=1S/C18H28N2O5S/c1-13(2)25-11-5-10-19-17-9-8-15(12-16(17)18(21)22)26(23,24)20-14-6-3-4-7-14/h8-9,12-14,19-20H,3-7,10-11H2,1-2H3,(H,21,22). The summed E-state index contributed by atoms with van der Waals surface area (Å²) < 4.78 is 33.1. The first-order valence-electron chi connectivity index (χ1n) is 9.05. The molecule has 3 N–H and O–H groups in total. The van der Waals surface area contributed by atoms with E-state index in [4.69, 9.17) is 4.74 Å². The summed E-state index contributed by atoms with van der Waals surface area (Å²) >= 11 is 0. The third kappa shape index (κ3) is 5.96. The molecule has 1 aliphatic rings. The average molecular weight is 384 g/mol. The molecule has 1 saturated carbocycles. The fourth-order valence-corrected chi connectivity index (χ4v) is 4.30. The lowest BCUT2D eigenvalue weighted by Crippen LogP contribution is -2.32. The van der Waals surface area contributed by atoms with Gasteiger partial charge in [-0.05, 0) is 51.3 Å². The average Bonchev–Trinajstić information content (AvgIpc) is 3.06. The van der Waals surface area contributed by atoms with Crippen molar-refractivity contribution < 1.29 is 23.1 Å². The number of aromatic carboxylic acids is 1. The van der Waals surface area contributed by atoms with E-state index in [1.54, 1.807) is 0 Å². The molecule has 0 amide bonds. The number of carboxylic acid groups (broad SMARTS) is 1. The number of hydrogen-bond acceptors (Lipinski definition) is 5. The minimum absolute atomic E-state index is 0.0181. The zero-order valence-electron chi connectivity index (χ0n) is 15.3. The van der Waals surface area contributed by atoms with Crippen LogP contribution >= 0.6 is 0 Å². The number of sulfonamides is 1. The Balaban J connectivity index is 2.06. The van der Waals surface area contributed by atoms with E-state index in [9.17, 15) is 18.3 Å². The van der Waals surface area contributed by atoms with E-state index in [2.05, 4.69) is 10.0 Å². The van der Waals surface area contributed by atoms with Crippen molar-refractivity contribution in [3.05, 3.63) is 23.8 Å². The van der Waals surface area contributed by atoms with Gasteiger partial charge in [-0.25, -0.2) is 17.9 Å². The first kappa shape index (κ1) is 20.7. The summed E-state index contributed by atoms with van der Waals surface area (Å²) in [6.45, 7) is 5.02. The molecule has 8 heteroatoms. The molecule has 1 aromatic carbocycles.